The van der Waals surface area contributed by atoms with Crippen LogP contribution in [0.25, 0.3) is 11.1 Å². The number of hydrogen-bond donors (Lipinski definition) is 1. The van der Waals surface area contributed by atoms with Crippen molar-refractivity contribution in [3.63, 3.8) is 0 Å². The number of hydrogen-bond acceptors (Lipinski definition) is 8. The van der Waals surface area contributed by atoms with Crippen molar-refractivity contribution in [2.45, 2.75) is 89.1 Å². The highest BCUT2D eigenvalue weighted by atomic mass is 28.4. The van der Waals surface area contributed by atoms with Gasteiger partial charge in [0.15, 0.2) is 14.1 Å². The molecule has 0 amide bonds. The lowest BCUT2D eigenvalue weighted by Gasteiger charge is -2.53. The predicted octanol–water partition coefficient (Wildman–Crippen LogP) is 7.02. The molecular weight excluding hydrogens is 574 g/mol. The maximum Gasteiger partial charge on any atom is 0.230 e. The molecule has 3 aromatic rings. The van der Waals surface area contributed by atoms with E-state index in [0.717, 1.165) is 33.7 Å². The lowest BCUT2D eigenvalue weighted by molar-refractivity contribution is -0.310. The maximum atomic E-state index is 12.6. The molecule has 0 spiro atoms. The van der Waals surface area contributed by atoms with Crippen LogP contribution in [0.1, 0.15) is 51.7 Å². The molecule has 2 fully saturated rings. The maximum absolute atomic E-state index is 12.6. The molecule has 6 rings (SSSR count). The van der Waals surface area contributed by atoms with Crippen LogP contribution in [-0.4, -0.2) is 57.5 Å². The van der Waals surface area contributed by atoms with Crippen molar-refractivity contribution in [2.24, 2.45) is 0 Å². The van der Waals surface area contributed by atoms with Crippen LogP contribution in [0.5, 0.6) is 11.5 Å². The number of methoxy groups -OCH3 is 1. The van der Waals surface area contributed by atoms with Gasteiger partial charge >= 0.3 is 0 Å². The number of ether oxygens (including phenoxy) is 4. The summed E-state index contributed by atoms with van der Waals surface area (Å²) in [5.41, 5.74) is 4.67. The molecule has 44 heavy (non-hydrogen) atoms. The first-order valence-electron chi connectivity index (χ1n) is 15.4. The van der Waals surface area contributed by atoms with Gasteiger partial charge in [-0.15, -0.1) is 0 Å². The summed E-state index contributed by atoms with van der Waals surface area (Å²) >= 11 is 0. The number of aliphatic hydroxyl groups is 1. The smallest absolute Gasteiger partial charge is 0.230 e. The molecule has 2 saturated heterocycles. The first kappa shape index (κ1) is 31.1. The zero-order valence-corrected chi connectivity index (χ0v) is 28.0. The second-order valence-corrected chi connectivity index (χ2v) is 18.8. The van der Waals surface area contributed by atoms with Gasteiger partial charge in [0.05, 0.1) is 25.3 Å². The van der Waals surface area contributed by atoms with E-state index in [-0.39, 0.29) is 11.6 Å². The van der Waals surface area contributed by atoms with Gasteiger partial charge in [0.25, 0.3) is 0 Å². The summed E-state index contributed by atoms with van der Waals surface area (Å²) in [4.78, 5) is 6.50. The highest BCUT2D eigenvalue weighted by molar-refractivity contribution is 6.74. The Morgan fingerprint density at radius 1 is 0.977 bits per heavy atom. The minimum Gasteiger partial charge on any atom is -0.497 e. The van der Waals surface area contributed by atoms with Crippen molar-refractivity contribution in [3.8, 4) is 22.6 Å². The van der Waals surface area contributed by atoms with Crippen LogP contribution in [0.3, 0.4) is 0 Å². The summed E-state index contributed by atoms with van der Waals surface area (Å²) in [5, 5.41) is 14.3. The second kappa shape index (κ2) is 11.2. The van der Waals surface area contributed by atoms with Crippen molar-refractivity contribution in [1.29, 1.82) is 0 Å². The Kier molecular flexibility index (Phi) is 7.88. The molecule has 2 bridgehead atoms. The van der Waals surface area contributed by atoms with Crippen molar-refractivity contribution in [1.82, 2.24) is 0 Å². The summed E-state index contributed by atoms with van der Waals surface area (Å²) in [6.07, 6.45) is -1.11. The van der Waals surface area contributed by atoms with Gasteiger partial charge < -0.3 is 28.5 Å². The second-order valence-electron chi connectivity index (χ2n) is 14.0. The molecule has 8 nitrogen and oxygen atoms in total. The van der Waals surface area contributed by atoms with Crippen LogP contribution in [0.4, 0.5) is 5.69 Å². The fourth-order valence-electron chi connectivity index (χ4n) is 6.05. The Hall–Kier alpha value is -2.92. The summed E-state index contributed by atoms with van der Waals surface area (Å²) in [5.74, 6) is -1.76. The molecule has 3 aromatic carbocycles. The van der Waals surface area contributed by atoms with Gasteiger partial charge in [0, 0.05) is 12.2 Å². The lowest BCUT2D eigenvalue weighted by Crippen LogP contribution is -2.67. The van der Waals surface area contributed by atoms with E-state index in [1.165, 1.54) is 0 Å². The molecule has 3 aliphatic heterocycles. The van der Waals surface area contributed by atoms with E-state index in [4.69, 9.17) is 28.2 Å². The van der Waals surface area contributed by atoms with Gasteiger partial charge in [0.1, 0.15) is 30.3 Å². The fraction of sp³-hybridized carbons (Fsp3) is 0.486. The first-order valence-corrected chi connectivity index (χ1v) is 18.3. The van der Waals surface area contributed by atoms with Crippen molar-refractivity contribution < 1.29 is 33.3 Å². The molecule has 9 heteroatoms. The van der Waals surface area contributed by atoms with Gasteiger partial charge in [-0.1, -0.05) is 63.2 Å². The zero-order chi connectivity index (χ0) is 31.5. The predicted molar refractivity (Wildman–Crippen MR) is 172 cm³/mol. The molecule has 0 unspecified atom stereocenters. The highest BCUT2D eigenvalue weighted by Gasteiger charge is 2.64. The third kappa shape index (κ3) is 5.66. The first-order chi connectivity index (χ1) is 20.7. The summed E-state index contributed by atoms with van der Waals surface area (Å²) in [7, 11) is -0.552. The van der Waals surface area contributed by atoms with E-state index < -0.39 is 38.0 Å². The van der Waals surface area contributed by atoms with E-state index in [2.05, 4.69) is 46.0 Å². The molecule has 0 aromatic heterocycles. The van der Waals surface area contributed by atoms with E-state index in [0.29, 0.717) is 18.9 Å². The molecule has 1 N–H and O–H groups in total. The van der Waals surface area contributed by atoms with Crippen molar-refractivity contribution in [3.05, 3.63) is 77.9 Å². The molecule has 236 valence electrons. The third-order valence-corrected chi connectivity index (χ3v) is 14.0. The Balaban J connectivity index is 1.50. The minimum atomic E-state index is -2.21. The Morgan fingerprint density at radius 3 is 2.34 bits per heavy atom. The molecular formula is C35H45NO7Si. The average Bonchev–Trinajstić information content (AvgIpc) is 3.30. The van der Waals surface area contributed by atoms with E-state index in [9.17, 15) is 5.11 Å². The molecule has 0 saturated carbocycles. The topological polar surface area (TPSA) is 78.9 Å². The van der Waals surface area contributed by atoms with Gasteiger partial charge in [-0.25, -0.2) is 9.90 Å². The molecule has 3 heterocycles. The molecule has 4 atom stereocenters. The zero-order valence-electron chi connectivity index (χ0n) is 27.0. The van der Waals surface area contributed by atoms with Gasteiger partial charge in [-0.05, 0) is 72.9 Å². The third-order valence-electron chi connectivity index (χ3n) is 9.51. The number of anilines is 1. The van der Waals surface area contributed by atoms with Crippen LogP contribution >= 0.6 is 0 Å². The monoisotopic (exact) mass is 619 g/mol. The van der Waals surface area contributed by atoms with Gasteiger partial charge in [0.2, 0.25) is 5.79 Å². The van der Waals surface area contributed by atoms with Crippen LogP contribution in [0.2, 0.25) is 18.1 Å². The minimum absolute atomic E-state index is 0.0189. The van der Waals surface area contributed by atoms with Gasteiger partial charge in [-0.3, -0.25) is 0 Å². The average molecular weight is 620 g/mol. The standard InChI is InChI=1S/C35H45NO7Si/c1-33(2,3)44(7,8)40-22-27-31-28(36-20-30-32(35(27,37)43-36)42-34(4,5)41-30)18-25(24-14-16-26(38-6)17-15-24)19-29(31)39-21-23-12-10-9-11-13-23/h9-19,27,30,32,37H,20-22H2,1-8H3/t27-,30+,32-,35-/m0/s1. The molecule has 0 radical (unpaired) electrons. The van der Waals surface area contributed by atoms with E-state index in [1.54, 1.807) is 12.2 Å². The van der Waals surface area contributed by atoms with Crippen LogP contribution in [0.15, 0.2) is 66.7 Å². The Morgan fingerprint density at radius 2 is 1.68 bits per heavy atom. The lowest BCUT2D eigenvalue weighted by atomic mass is 9.80. The van der Waals surface area contributed by atoms with Gasteiger partial charge in [-0.2, -0.15) is 0 Å². The Labute approximate surface area is 261 Å². The number of fused-ring (bicyclic) bond motifs is 6. The normalized spacial score (nSPS) is 25.8. The number of rotatable bonds is 8. The van der Waals surface area contributed by atoms with E-state index >= 15 is 0 Å². The van der Waals surface area contributed by atoms with Crippen molar-refractivity contribution in [2.75, 3.05) is 25.3 Å². The number of nitrogens with zero attached hydrogens (tertiary/aromatic N) is 1. The van der Waals surface area contributed by atoms with Crippen LogP contribution in [0, 0.1) is 0 Å². The highest BCUT2D eigenvalue weighted by Crippen LogP contribution is 2.55. The van der Waals surface area contributed by atoms with E-state index in [1.807, 2.05) is 68.4 Å². The Bertz CT molecular complexity index is 1490. The fourth-order valence-corrected chi connectivity index (χ4v) is 7.07. The molecule has 3 aliphatic rings. The van der Waals surface area contributed by atoms with Crippen LogP contribution in [-0.2, 0) is 25.3 Å². The summed E-state index contributed by atoms with van der Waals surface area (Å²) < 4.78 is 31.5. The van der Waals surface area contributed by atoms with Crippen LogP contribution < -0.4 is 14.5 Å². The SMILES string of the molecule is COc1ccc(-c2cc(OCc3ccccc3)c3c(c2)N2C[C@H]4OC(C)(C)O[C@@H]4[C@@](O)(O2)[C@H]3CO[Si](C)(C)C(C)(C)C)cc1. The van der Waals surface area contributed by atoms with Crippen molar-refractivity contribution >= 4 is 14.0 Å². The number of benzene rings is 3. The molecule has 0 aliphatic carbocycles. The largest absolute Gasteiger partial charge is 0.497 e. The number of hydroxylamine groups is 1. The quantitative estimate of drug-likeness (QED) is 0.270. The summed E-state index contributed by atoms with van der Waals surface area (Å²) in [6.45, 7) is 15.8. The summed E-state index contributed by atoms with van der Waals surface area (Å²) in [6, 6.07) is 22.2.